The predicted octanol–water partition coefficient (Wildman–Crippen LogP) is 4.96. The molecule has 3 nitrogen and oxygen atoms in total. The Morgan fingerprint density at radius 2 is 1.39 bits per heavy atom. The average Bonchev–Trinajstić information content (AvgIpc) is 2.52. The van der Waals surface area contributed by atoms with Crippen LogP contribution in [0.1, 0.15) is 51.9 Å². The summed E-state index contributed by atoms with van der Waals surface area (Å²) in [6, 6.07) is 0. The first kappa shape index (κ1) is 21.1. The number of hydrogen-bond acceptors (Lipinski definition) is 2. The van der Waals surface area contributed by atoms with Crippen LogP contribution in [0.5, 0.6) is 0 Å². The molecule has 0 amide bonds. The molecule has 0 fully saturated rings. The maximum atomic E-state index is 10.3. The van der Waals surface area contributed by atoms with Gasteiger partial charge in [-0.2, -0.15) is 0 Å². The Hall–Kier alpha value is -1.87. The van der Waals surface area contributed by atoms with E-state index in [-0.39, 0.29) is 6.42 Å². The number of aliphatic carboxylic acids is 1. The van der Waals surface area contributed by atoms with Crippen LogP contribution in [0, 0.1) is 0 Å². The first-order valence-corrected chi connectivity index (χ1v) is 8.35. The minimum Gasteiger partial charge on any atom is -0.481 e. The number of carboxylic acids is 1. The van der Waals surface area contributed by atoms with Gasteiger partial charge in [0.2, 0.25) is 0 Å². The first-order valence-electron chi connectivity index (χ1n) is 8.35. The highest BCUT2D eigenvalue weighted by atomic mass is 16.4. The molecule has 0 saturated heterocycles. The van der Waals surface area contributed by atoms with E-state index >= 15 is 0 Å². The third-order valence-corrected chi connectivity index (χ3v) is 2.98. The van der Waals surface area contributed by atoms with Crippen LogP contribution in [0.2, 0.25) is 0 Å². The Bertz CT molecular complexity index is 428. The quantitative estimate of drug-likeness (QED) is 0.372. The minimum absolute atomic E-state index is 0.233. The second kappa shape index (κ2) is 16.5. The molecule has 1 atom stereocenters. The van der Waals surface area contributed by atoms with E-state index in [4.69, 9.17) is 5.11 Å². The number of hydrogen-bond donors (Lipinski definition) is 2. The molecule has 1 unspecified atom stereocenters. The standard InChI is InChI=1S/C20H30O3/c1-2-3-4-10-13-16-19(21)17-14-11-8-6-5-7-9-12-15-18-20(22)23/h3-4,6-9,13-14,16-17,19,21H,2,5,10-12,15,18H2,1H3,(H,22,23)/b4-3-,8-6-,9-7-,16-13-,17-14-. The smallest absolute Gasteiger partial charge is 0.303 e. The van der Waals surface area contributed by atoms with Crippen LogP contribution in [-0.4, -0.2) is 22.3 Å². The molecule has 0 aromatic carbocycles. The number of unbranched alkanes of at least 4 members (excludes halogenated alkanes) is 1. The van der Waals surface area contributed by atoms with Crippen molar-refractivity contribution < 1.29 is 15.0 Å². The van der Waals surface area contributed by atoms with Gasteiger partial charge in [-0.05, 0) is 38.5 Å². The van der Waals surface area contributed by atoms with Gasteiger partial charge < -0.3 is 10.2 Å². The zero-order valence-corrected chi connectivity index (χ0v) is 14.1. The number of aliphatic hydroxyl groups excluding tert-OH is 1. The highest BCUT2D eigenvalue weighted by molar-refractivity contribution is 5.66. The molecule has 128 valence electrons. The minimum atomic E-state index is -0.737. The van der Waals surface area contributed by atoms with E-state index in [9.17, 15) is 9.90 Å². The molecule has 0 aliphatic carbocycles. The van der Waals surface area contributed by atoms with Gasteiger partial charge in [-0.3, -0.25) is 4.79 Å². The molecule has 0 aliphatic heterocycles. The van der Waals surface area contributed by atoms with Gasteiger partial charge in [0.25, 0.3) is 0 Å². The molecule has 0 spiro atoms. The van der Waals surface area contributed by atoms with Crippen LogP contribution in [-0.2, 0) is 4.79 Å². The third-order valence-electron chi connectivity index (χ3n) is 2.98. The van der Waals surface area contributed by atoms with Gasteiger partial charge in [0, 0.05) is 6.42 Å². The SMILES string of the molecule is CC/C=C\C/C=C\C(O)/C=C\C/C=C\C/C=C\CCCC(=O)O. The maximum absolute atomic E-state index is 10.3. The van der Waals surface area contributed by atoms with E-state index < -0.39 is 12.1 Å². The molecule has 3 heteroatoms. The van der Waals surface area contributed by atoms with Crippen LogP contribution in [0.15, 0.2) is 60.8 Å². The van der Waals surface area contributed by atoms with Gasteiger partial charge >= 0.3 is 5.97 Å². The van der Waals surface area contributed by atoms with Gasteiger partial charge in [0.05, 0.1) is 6.10 Å². The Kier molecular flexibility index (Phi) is 15.2. The number of carboxylic acid groups (broad SMARTS) is 1. The zero-order valence-electron chi connectivity index (χ0n) is 14.1. The summed E-state index contributed by atoms with van der Waals surface area (Å²) >= 11 is 0. The number of allylic oxidation sites excluding steroid dienone is 8. The Morgan fingerprint density at radius 1 is 0.870 bits per heavy atom. The van der Waals surface area contributed by atoms with Gasteiger partial charge in [-0.1, -0.05) is 67.7 Å². The van der Waals surface area contributed by atoms with Crippen LogP contribution in [0.25, 0.3) is 0 Å². The van der Waals surface area contributed by atoms with Crippen molar-refractivity contribution in [3.8, 4) is 0 Å². The van der Waals surface area contributed by atoms with E-state index in [0.29, 0.717) is 6.42 Å². The Balaban J connectivity index is 3.65. The number of aliphatic hydroxyl groups is 1. The lowest BCUT2D eigenvalue weighted by molar-refractivity contribution is -0.137. The fourth-order valence-corrected chi connectivity index (χ4v) is 1.78. The zero-order chi connectivity index (χ0) is 17.2. The second-order valence-electron chi connectivity index (χ2n) is 5.16. The van der Waals surface area contributed by atoms with Crippen LogP contribution in [0.4, 0.5) is 0 Å². The second-order valence-corrected chi connectivity index (χ2v) is 5.16. The molecule has 0 saturated carbocycles. The lowest BCUT2D eigenvalue weighted by atomic mass is 10.2. The van der Waals surface area contributed by atoms with Crippen molar-refractivity contribution in [2.45, 2.75) is 58.0 Å². The third kappa shape index (κ3) is 18.1. The average molecular weight is 318 g/mol. The van der Waals surface area contributed by atoms with Crippen molar-refractivity contribution in [3.63, 3.8) is 0 Å². The summed E-state index contributed by atoms with van der Waals surface area (Å²) in [6.45, 7) is 2.10. The molecule has 0 aromatic heterocycles. The number of rotatable bonds is 13. The van der Waals surface area contributed by atoms with Crippen LogP contribution in [0.3, 0.4) is 0 Å². The normalized spacial score (nSPS) is 14.2. The molecular formula is C20H30O3. The molecule has 0 aromatic rings. The Morgan fingerprint density at radius 3 is 1.96 bits per heavy atom. The lowest BCUT2D eigenvalue weighted by Crippen LogP contribution is -1.95. The van der Waals surface area contributed by atoms with E-state index in [1.807, 2.05) is 24.3 Å². The summed E-state index contributed by atoms with van der Waals surface area (Å²) in [5.41, 5.74) is 0. The highest BCUT2D eigenvalue weighted by Gasteiger charge is 1.92. The van der Waals surface area contributed by atoms with Crippen LogP contribution < -0.4 is 0 Å². The van der Waals surface area contributed by atoms with E-state index in [1.54, 1.807) is 12.2 Å². The fraction of sp³-hybridized carbons (Fsp3) is 0.450. The van der Waals surface area contributed by atoms with Crippen molar-refractivity contribution >= 4 is 5.97 Å². The monoisotopic (exact) mass is 318 g/mol. The van der Waals surface area contributed by atoms with Gasteiger partial charge in [-0.15, -0.1) is 0 Å². The van der Waals surface area contributed by atoms with E-state index in [2.05, 4.69) is 31.2 Å². The molecule has 0 aliphatic rings. The molecule has 0 heterocycles. The largest absolute Gasteiger partial charge is 0.481 e. The maximum Gasteiger partial charge on any atom is 0.303 e. The topological polar surface area (TPSA) is 57.5 Å². The summed E-state index contributed by atoms with van der Waals surface area (Å²) in [5.74, 6) is -0.737. The summed E-state index contributed by atoms with van der Waals surface area (Å²) in [7, 11) is 0. The predicted molar refractivity (Wildman–Crippen MR) is 97.3 cm³/mol. The van der Waals surface area contributed by atoms with E-state index in [1.165, 1.54) is 0 Å². The Labute approximate surface area is 140 Å². The molecule has 0 bridgehead atoms. The molecule has 0 rings (SSSR count). The van der Waals surface area contributed by atoms with E-state index in [0.717, 1.165) is 32.1 Å². The van der Waals surface area contributed by atoms with Crippen molar-refractivity contribution in [2.24, 2.45) is 0 Å². The summed E-state index contributed by atoms with van der Waals surface area (Å²) < 4.78 is 0. The molecule has 0 radical (unpaired) electrons. The summed E-state index contributed by atoms with van der Waals surface area (Å²) in [6.07, 6.45) is 24.6. The van der Waals surface area contributed by atoms with Gasteiger partial charge in [0.15, 0.2) is 0 Å². The van der Waals surface area contributed by atoms with Gasteiger partial charge in [0.1, 0.15) is 0 Å². The summed E-state index contributed by atoms with van der Waals surface area (Å²) in [5, 5.41) is 18.2. The highest BCUT2D eigenvalue weighted by Crippen LogP contribution is 1.99. The summed E-state index contributed by atoms with van der Waals surface area (Å²) in [4.78, 5) is 10.3. The molecular weight excluding hydrogens is 288 g/mol. The van der Waals surface area contributed by atoms with Gasteiger partial charge in [-0.25, -0.2) is 0 Å². The molecule has 23 heavy (non-hydrogen) atoms. The van der Waals surface area contributed by atoms with Crippen LogP contribution >= 0.6 is 0 Å². The first-order chi connectivity index (χ1) is 11.2. The van der Waals surface area contributed by atoms with Crippen molar-refractivity contribution in [2.75, 3.05) is 0 Å². The number of carbonyl (C=O) groups is 1. The van der Waals surface area contributed by atoms with Crippen molar-refractivity contribution in [1.82, 2.24) is 0 Å². The van der Waals surface area contributed by atoms with Crippen molar-refractivity contribution in [3.05, 3.63) is 60.8 Å². The fourth-order valence-electron chi connectivity index (χ4n) is 1.78. The van der Waals surface area contributed by atoms with Crippen molar-refractivity contribution in [1.29, 1.82) is 0 Å². The molecule has 2 N–H and O–H groups in total. The lowest BCUT2D eigenvalue weighted by Gasteiger charge is -1.95.